The number of hydrogen-bond acceptors (Lipinski definition) is 5. The Labute approximate surface area is 105 Å². The number of nitrogens with two attached hydrogens (primary N) is 1. The Kier molecular flexibility index (Phi) is 2.83. The molecule has 3 rings (SSSR count). The topological polar surface area (TPSA) is 77.8 Å². The molecule has 2 aromatic rings. The molecule has 0 amide bonds. The molecule has 0 aliphatic heterocycles. The fourth-order valence-corrected chi connectivity index (χ4v) is 2.49. The third kappa shape index (κ3) is 1.90. The molecule has 2 aromatic heterocycles. The molecule has 1 aliphatic rings. The average Bonchev–Trinajstić information content (AvgIpc) is 2.98. The van der Waals surface area contributed by atoms with E-state index in [2.05, 4.69) is 15.1 Å². The monoisotopic (exact) mass is 244 g/mol. The van der Waals surface area contributed by atoms with Crippen LogP contribution in [-0.2, 0) is 0 Å². The van der Waals surface area contributed by atoms with Gasteiger partial charge in [-0.3, -0.25) is 4.98 Å². The summed E-state index contributed by atoms with van der Waals surface area (Å²) in [4.78, 5) is 8.57. The van der Waals surface area contributed by atoms with Gasteiger partial charge in [0.15, 0.2) is 0 Å². The van der Waals surface area contributed by atoms with Crippen LogP contribution in [0, 0.1) is 6.92 Å². The summed E-state index contributed by atoms with van der Waals surface area (Å²) >= 11 is 0. The highest BCUT2D eigenvalue weighted by molar-refractivity contribution is 5.57. The Hall–Kier alpha value is -1.75. The highest BCUT2D eigenvalue weighted by Crippen LogP contribution is 2.33. The first-order chi connectivity index (χ1) is 8.75. The van der Waals surface area contributed by atoms with E-state index in [4.69, 9.17) is 10.3 Å². The molecule has 18 heavy (non-hydrogen) atoms. The van der Waals surface area contributed by atoms with Crippen LogP contribution >= 0.6 is 0 Å². The number of rotatable bonds is 2. The molecule has 1 saturated carbocycles. The molecule has 5 nitrogen and oxygen atoms in total. The van der Waals surface area contributed by atoms with Crippen LogP contribution in [0.25, 0.3) is 11.4 Å². The summed E-state index contributed by atoms with van der Waals surface area (Å²) in [5.74, 6) is 1.48. The Bertz CT molecular complexity index is 551. The summed E-state index contributed by atoms with van der Waals surface area (Å²) in [7, 11) is 0. The number of pyridine rings is 1. The first-order valence-electron chi connectivity index (χ1n) is 6.26. The lowest BCUT2D eigenvalue weighted by molar-refractivity contribution is 0.345. The zero-order valence-corrected chi connectivity index (χ0v) is 10.3. The lowest BCUT2D eigenvalue weighted by atomic mass is 10.0. The van der Waals surface area contributed by atoms with E-state index in [9.17, 15) is 0 Å². The third-order valence-corrected chi connectivity index (χ3v) is 3.61. The van der Waals surface area contributed by atoms with Gasteiger partial charge in [-0.05, 0) is 31.4 Å². The van der Waals surface area contributed by atoms with E-state index in [1.54, 1.807) is 12.4 Å². The van der Waals surface area contributed by atoms with Gasteiger partial charge in [-0.15, -0.1) is 0 Å². The van der Waals surface area contributed by atoms with Gasteiger partial charge in [-0.2, -0.15) is 4.98 Å². The molecule has 0 saturated heterocycles. The first-order valence-corrected chi connectivity index (χ1v) is 6.26. The summed E-state index contributed by atoms with van der Waals surface area (Å²) in [6.45, 7) is 2.01. The maximum absolute atomic E-state index is 6.05. The third-order valence-electron chi connectivity index (χ3n) is 3.61. The molecular weight excluding hydrogens is 228 g/mol. The van der Waals surface area contributed by atoms with Crippen molar-refractivity contribution in [2.24, 2.45) is 5.73 Å². The Morgan fingerprint density at radius 3 is 3.00 bits per heavy atom. The zero-order valence-electron chi connectivity index (χ0n) is 10.3. The van der Waals surface area contributed by atoms with E-state index in [1.807, 2.05) is 13.0 Å². The lowest BCUT2D eigenvalue weighted by Crippen LogP contribution is -2.22. The van der Waals surface area contributed by atoms with Gasteiger partial charge in [0.1, 0.15) is 0 Å². The van der Waals surface area contributed by atoms with Crippen molar-refractivity contribution in [2.75, 3.05) is 0 Å². The summed E-state index contributed by atoms with van der Waals surface area (Å²) in [6.07, 6.45) is 6.73. The van der Waals surface area contributed by atoms with Crippen LogP contribution in [0.5, 0.6) is 0 Å². The minimum Gasteiger partial charge on any atom is -0.339 e. The van der Waals surface area contributed by atoms with Crippen LogP contribution < -0.4 is 5.73 Å². The molecule has 1 aliphatic carbocycles. The van der Waals surface area contributed by atoms with Crippen molar-refractivity contribution in [2.45, 2.75) is 38.1 Å². The number of nitrogens with zero attached hydrogens (tertiary/aromatic N) is 3. The second-order valence-electron chi connectivity index (χ2n) is 4.85. The Morgan fingerprint density at radius 2 is 2.28 bits per heavy atom. The molecule has 2 atom stereocenters. The molecule has 1 fully saturated rings. The molecule has 2 N–H and O–H groups in total. The van der Waals surface area contributed by atoms with Gasteiger partial charge in [0.2, 0.25) is 11.7 Å². The van der Waals surface area contributed by atoms with Gasteiger partial charge in [0.05, 0.1) is 5.92 Å². The van der Waals surface area contributed by atoms with Crippen molar-refractivity contribution >= 4 is 0 Å². The van der Waals surface area contributed by atoms with Crippen LogP contribution in [0.4, 0.5) is 0 Å². The standard InChI is InChI=1S/C13H16N4O/c1-8-5-6-15-7-10(8)12-16-13(18-17-12)9-3-2-4-11(9)14/h5-7,9,11H,2-4,14H2,1H3. The molecule has 0 spiro atoms. The van der Waals surface area contributed by atoms with E-state index < -0.39 is 0 Å². The maximum atomic E-state index is 6.05. The quantitative estimate of drug-likeness (QED) is 0.874. The fourth-order valence-electron chi connectivity index (χ4n) is 2.49. The SMILES string of the molecule is Cc1ccncc1-c1noc(C2CCCC2N)n1. The first kappa shape index (κ1) is 11.3. The summed E-state index contributed by atoms with van der Waals surface area (Å²) in [5, 5.41) is 4.04. The van der Waals surface area contributed by atoms with Crippen molar-refractivity contribution in [3.05, 3.63) is 29.9 Å². The number of aryl methyl sites for hydroxylation is 1. The van der Waals surface area contributed by atoms with Crippen molar-refractivity contribution in [3.8, 4) is 11.4 Å². The van der Waals surface area contributed by atoms with E-state index in [1.165, 1.54) is 0 Å². The van der Waals surface area contributed by atoms with Crippen molar-refractivity contribution in [3.63, 3.8) is 0 Å². The van der Waals surface area contributed by atoms with Gasteiger partial charge >= 0.3 is 0 Å². The van der Waals surface area contributed by atoms with Crippen LogP contribution in [0.3, 0.4) is 0 Å². The molecule has 0 bridgehead atoms. The molecule has 0 aromatic carbocycles. The largest absolute Gasteiger partial charge is 0.339 e. The molecular formula is C13H16N4O. The van der Waals surface area contributed by atoms with Gasteiger partial charge in [-0.1, -0.05) is 11.6 Å². The normalized spacial score (nSPS) is 23.4. The van der Waals surface area contributed by atoms with Crippen LogP contribution in [-0.4, -0.2) is 21.2 Å². The predicted octanol–water partition coefficient (Wildman–Crippen LogP) is 2.03. The van der Waals surface area contributed by atoms with E-state index in [0.717, 1.165) is 30.4 Å². The summed E-state index contributed by atoms with van der Waals surface area (Å²) < 4.78 is 5.36. The molecule has 2 heterocycles. The lowest BCUT2D eigenvalue weighted by Gasteiger charge is -2.08. The molecule has 5 heteroatoms. The number of aromatic nitrogens is 3. The van der Waals surface area contributed by atoms with Gasteiger partial charge in [0, 0.05) is 24.0 Å². The average molecular weight is 244 g/mol. The van der Waals surface area contributed by atoms with Gasteiger partial charge in [0.25, 0.3) is 0 Å². The smallest absolute Gasteiger partial charge is 0.231 e. The van der Waals surface area contributed by atoms with E-state index in [-0.39, 0.29) is 12.0 Å². The Morgan fingerprint density at radius 1 is 1.39 bits per heavy atom. The Balaban J connectivity index is 1.92. The van der Waals surface area contributed by atoms with Gasteiger partial charge in [-0.25, -0.2) is 0 Å². The second-order valence-corrected chi connectivity index (χ2v) is 4.85. The second kappa shape index (κ2) is 4.49. The van der Waals surface area contributed by atoms with Crippen LogP contribution in [0.15, 0.2) is 23.0 Å². The summed E-state index contributed by atoms with van der Waals surface area (Å²) in [5.41, 5.74) is 8.06. The maximum Gasteiger partial charge on any atom is 0.231 e. The minimum absolute atomic E-state index is 0.147. The van der Waals surface area contributed by atoms with E-state index >= 15 is 0 Å². The van der Waals surface area contributed by atoms with Crippen molar-refractivity contribution in [1.82, 2.24) is 15.1 Å². The van der Waals surface area contributed by atoms with Crippen molar-refractivity contribution < 1.29 is 4.52 Å². The van der Waals surface area contributed by atoms with E-state index in [0.29, 0.717) is 11.7 Å². The fraction of sp³-hybridized carbons (Fsp3) is 0.462. The van der Waals surface area contributed by atoms with Gasteiger partial charge < -0.3 is 10.3 Å². The van der Waals surface area contributed by atoms with Crippen molar-refractivity contribution in [1.29, 1.82) is 0 Å². The summed E-state index contributed by atoms with van der Waals surface area (Å²) in [6, 6.07) is 2.08. The highest BCUT2D eigenvalue weighted by Gasteiger charge is 2.30. The minimum atomic E-state index is 0.147. The zero-order chi connectivity index (χ0) is 12.5. The molecule has 94 valence electrons. The number of hydrogen-bond donors (Lipinski definition) is 1. The van der Waals surface area contributed by atoms with Crippen LogP contribution in [0.2, 0.25) is 0 Å². The highest BCUT2D eigenvalue weighted by atomic mass is 16.5. The molecule has 0 radical (unpaired) electrons. The van der Waals surface area contributed by atoms with Crippen LogP contribution in [0.1, 0.15) is 36.6 Å². The molecule has 2 unspecified atom stereocenters. The predicted molar refractivity (Wildman–Crippen MR) is 66.8 cm³/mol.